The van der Waals surface area contributed by atoms with Gasteiger partial charge >= 0.3 is 6.18 Å². The molecule has 4 rings (SSSR count). The molecule has 3 aromatic rings. The number of nitrogens with zero attached hydrogens (tertiary/aromatic N) is 4. The van der Waals surface area contributed by atoms with Crippen molar-refractivity contribution >= 4 is 28.7 Å². The number of rotatable bonds is 3. The molecule has 0 saturated heterocycles. The van der Waals surface area contributed by atoms with Gasteiger partial charge in [-0.05, 0) is 29.8 Å². The molecule has 0 atom stereocenters. The second-order valence-electron chi connectivity index (χ2n) is 7.48. The Hall–Kier alpha value is -3.62. The summed E-state index contributed by atoms with van der Waals surface area (Å²) in [6.07, 6.45) is -2.92. The number of fused-ring (bicyclic) bond motifs is 1. The van der Waals surface area contributed by atoms with Crippen LogP contribution < -0.4 is 10.2 Å². The van der Waals surface area contributed by atoms with Crippen LogP contribution in [0.5, 0.6) is 0 Å². The van der Waals surface area contributed by atoms with Crippen molar-refractivity contribution < 1.29 is 18.0 Å². The number of nitrogens with one attached hydrogen (secondary N) is 1. The zero-order chi connectivity index (χ0) is 22.3. The van der Waals surface area contributed by atoms with Gasteiger partial charge in [0, 0.05) is 32.9 Å². The molecule has 1 amide bonds. The van der Waals surface area contributed by atoms with E-state index in [2.05, 4.69) is 15.4 Å². The summed E-state index contributed by atoms with van der Waals surface area (Å²) in [6, 6.07) is 11.7. The summed E-state index contributed by atoms with van der Waals surface area (Å²) in [5.74, 6) is -0.422. The zero-order valence-electron chi connectivity index (χ0n) is 17.2. The molecule has 1 aliphatic heterocycles. The van der Waals surface area contributed by atoms with E-state index in [9.17, 15) is 18.0 Å². The Morgan fingerprint density at radius 3 is 2.48 bits per heavy atom. The van der Waals surface area contributed by atoms with Crippen LogP contribution in [0.3, 0.4) is 0 Å². The van der Waals surface area contributed by atoms with Crippen LogP contribution in [-0.2, 0) is 18.0 Å². The van der Waals surface area contributed by atoms with Gasteiger partial charge in [-0.15, -0.1) is 0 Å². The highest BCUT2D eigenvalue weighted by atomic mass is 19.4. The van der Waals surface area contributed by atoms with Crippen LogP contribution in [0.15, 0.2) is 53.7 Å². The second-order valence-corrected chi connectivity index (χ2v) is 7.48. The maximum Gasteiger partial charge on any atom is 0.418 e. The number of aryl methyl sites for hydroxylation is 1. The first kappa shape index (κ1) is 20.6. The predicted octanol–water partition coefficient (Wildman–Crippen LogP) is 4.63. The topological polar surface area (TPSA) is 62.5 Å². The van der Waals surface area contributed by atoms with Gasteiger partial charge in [0.05, 0.1) is 40.5 Å². The number of aliphatic imine (C=N–C) groups is 1. The van der Waals surface area contributed by atoms with Crippen LogP contribution in [0.25, 0.3) is 11.3 Å². The molecule has 2 aromatic carbocycles. The molecule has 0 fully saturated rings. The van der Waals surface area contributed by atoms with Crippen LogP contribution in [0.2, 0.25) is 0 Å². The monoisotopic (exact) mass is 427 g/mol. The SMILES string of the molecule is CN(C)c1cc2c(cc1C(F)(F)F)NC(=O)CC(c1cccc(-c3ccnn3C)c1)=N2. The average Bonchev–Trinajstić information content (AvgIpc) is 3.05. The lowest BCUT2D eigenvalue weighted by Crippen LogP contribution is -2.18. The van der Waals surface area contributed by atoms with Gasteiger partial charge in [-0.25, -0.2) is 0 Å². The number of carbonyl (C=O) groups excluding carboxylic acids is 1. The Morgan fingerprint density at radius 2 is 1.84 bits per heavy atom. The fraction of sp³-hybridized carbons (Fsp3) is 0.227. The van der Waals surface area contributed by atoms with E-state index in [-0.39, 0.29) is 23.5 Å². The first-order chi connectivity index (χ1) is 14.6. The largest absolute Gasteiger partial charge is 0.418 e. The standard InChI is InChI=1S/C22H20F3N5O/c1-29(2)20-11-18-17(10-15(20)22(23,24)25)28-21(31)12-16(27-18)13-5-4-6-14(9-13)19-7-8-26-30(19)3/h4-11H,12H2,1-3H3,(H,28,31). The lowest BCUT2D eigenvalue weighted by Gasteiger charge is -2.21. The van der Waals surface area contributed by atoms with E-state index in [1.54, 1.807) is 10.9 Å². The minimum atomic E-state index is -4.56. The van der Waals surface area contributed by atoms with Gasteiger partial charge < -0.3 is 10.2 Å². The fourth-order valence-electron chi connectivity index (χ4n) is 3.58. The molecule has 0 aliphatic carbocycles. The van der Waals surface area contributed by atoms with E-state index in [0.29, 0.717) is 11.3 Å². The Labute approximate surface area is 177 Å². The van der Waals surface area contributed by atoms with Gasteiger partial charge in [-0.2, -0.15) is 18.3 Å². The normalized spacial score (nSPS) is 13.9. The number of amides is 1. The van der Waals surface area contributed by atoms with Gasteiger partial charge in [-0.3, -0.25) is 14.5 Å². The molecule has 0 radical (unpaired) electrons. The quantitative estimate of drug-likeness (QED) is 0.663. The zero-order valence-corrected chi connectivity index (χ0v) is 17.2. The van der Waals surface area contributed by atoms with Gasteiger partial charge in [0.2, 0.25) is 5.91 Å². The smallest absolute Gasteiger partial charge is 0.377 e. The van der Waals surface area contributed by atoms with E-state index in [0.717, 1.165) is 17.3 Å². The maximum absolute atomic E-state index is 13.5. The van der Waals surface area contributed by atoms with Crippen molar-refractivity contribution in [1.29, 1.82) is 0 Å². The third-order valence-electron chi connectivity index (χ3n) is 5.07. The molecule has 0 saturated carbocycles. The molecule has 0 bridgehead atoms. The first-order valence-corrected chi connectivity index (χ1v) is 9.52. The highest BCUT2D eigenvalue weighted by Crippen LogP contribution is 2.43. The van der Waals surface area contributed by atoms with E-state index in [1.807, 2.05) is 37.4 Å². The van der Waals surface area contributed by atoms with Gasteiger partial charge in [-0.1, -0.05) is 18.2 Å². The van der Waals surface area contributed by atoms with Crippen molar-refractivity contribution in [1.82, 2.24) is 9.78 Å². The van der Waals surface area contributed by atoms with Crippen molar-refractivity contribution in [2.24, 2.45) is 12.0 Å². The minimum absolute atomic E-state index is 0.0193. The molecular formula is C22H20F3N5O. The molecule has 0 spiro atoms. The number of halogens is 3. The van der Waals surface area contributed by atoms with E-state index in [4.69, 9.17) is 0 Å². The number of carbonyl (C=O) groups is 1. The third-order valence-corrected chi connectivity index (χ3v) is 5.07. The lowest BCUT2D eigenvalue weighted by atomic mass is 10.0. The van der Waals surface area contributed by atoms with Crippen LogP contribution in [0, 0.1) is 0 Å². The van der Waals surface area contributed by atoms with E-state index >= 15 is 0 Å². The van der Waals surface area contributed by atoms with Crippen LogP contribution in [0.1, 0.15) is 17.5 Å². The van der Waals surface area contributed by atoms with Crippen LogP contribution in [-0.4, -0.2) is 35.5 Å². The van der Waals surface area contributed by atoms with E-state index in [1.165, 1.54) is 25.1 Å². The maximum atomic E-state index is 13.5. The molecule has 6 nitrogen and oxygen atoms in total. The first-order valence-electron chi connectivity index (χ1n) is 9.52. The van der Waals surface area contributed by atoms with Crippen LogP contribution in [0.4, 0.5) is 30.2 Å². The molecule has 1 N–H and O–H groups in total. The van der Waals surface area contributed by atoms with Gasteiger partial charge in [0.25, 0.3) is 0 Å². The van der Waals surface area contributed by atoms with Gasteiger partial charge in [0.15, 0.2) is 0 Å². The summed E-state index contributed by atoms with van der Waals surface area (Å²) in [5, 5.41) is 6.74. The van der Waals surface area contributed by atoms with Crippen LogP contribution >= 0.6 is 0 Å². The summed E-state index contributed by atoms with van der Waals surface area (Å²) in [7, 11) is 4.90. The second kappa shape index (κ2) is 7.57. The van der Waals surface area contributed by atoms with Crippen molar-refractivity contribution in [3.63, 3.8) is 0 Å². The molecular weight excluding hydrogens is 407 g/mol. The Kier molecular flexibility index (Phi) is 5.04. The summed E-state index contributed by atoms with van der Waals surface area (Å²) >= 11 is 0. The summed E-state index contributed by atoms with van der Waals surface area (Å²) < 4.78 is 42.4. The lowest BCUT2D eigenvalue weighted by molar-refractivity contribution is -0.137. The average molecular weight is 427 g/mol. The number of anilines is 2. The molecule has 2 heterocycles. The number of aromatic nitrogens is 2. The molecule has 1 aliphatic rings. The Bertz CT molecular complexity index is 1190. The van der Waals surface area contributed by atoms with Crippen molar-refractivity contribution in [2.75, 3.05) is 24.3 Å². The number of hydrogen-bond donors (Lipinski definition) is 1. The van der Waals surface area contributed by atoms with Crippen molar-refractivity contribution in [3.8, 4) is 11.3 Å². The highest BCUT2D eigenvalue weighted by molar-refractivity contribution is 6.17. The molecule has 160 valence electrons. The molecule has 31 heavy (non-hydrogen) atoms. The molecule has 1 aromatic heterocycles. The van der Waals surface area contributed by atoms with Crippen molar-refractivity contribution in [3.05, 3.63) is 59.8 Å². The minimum Gasteiger partial charge on any atom is -0.377 e. The number of alkyl halides is 3. The summed E-state index contributed by atoms with van der Waals surface area (Å²) in [4.78, 5) is 18.5. The Morgan fingerprint density at radius 1 is 1.10 bits per heavy atom. The third kappa shape index (κ3) is 4.03. The predicted molar refractivity (Wildman–Crippen MR) is 114 cm³/mol. The van der Waals surface area contributed by atoms with Gasteiger partial charge in [0.1, 0.15) is 0 Å². The fourth-order valence-corrected chi connectivity index (χ4v) is 3.58. The molecule has 9 heteroatoms. The highest BCUT2D eigenvalue weighted by Gasteiger charge is 2.36. The van der Waals surface area contributed by atoms with Crippen molar-refractivity contribution in [2.45, 2.75) is 12.6 Å². The van der Waals surface area contributed by atoms with E-state index < -0.39 is 17.6 Å². The Balaban J connectivity index is 1.84. The summed E-state index contributed by atoms with van der Waals surface area (Å²) in [5.41, 5.74) is 2.46. The number of benzene rings is 2. The summed E-state index contributed by atoms with van der Waals surface area (Å²) in [6.45, 7) is 0. The molecule has 0 unspecified atom stereocenters. The number of hydrogen-bond acceptors (Lipinski definition) is 4.